The number of fused-ring (bicyclic) bond motifs is 1. The molecule has 2 aliphatic heterocycles. The lowest BCUT2D eigenvalue weighted by molar-refractivity contribution is -0.137. The minimum atomic E-state index is -0.661. The van der Waals surface area contributed by atoms with Crippen molar-refractivity contribution in [2.75, 3.05) is 5.32 Å². The molecule has 1 fully saturated rings. The number of aromatic nitrogens is 1. The molecule has 0 bridgehead atoms. The molecule has 35 heavy (non-hydrogen) atoms. The van der Waals surface area contributed by atoms with Gasteiger partial charge in [-0.05, 0) is 41.3 Å². The highest BCUT2D eigenvalue weighted by molar-refractivity contribution is 7.15. The van der Waals surface area contributed by atoms with E-state index in [0.29, 0.717) is 28.6 Å². The number of halogens is 1. The zero-order valence-corrected chi connectivity index (χ0v) is 20.1. The minimum absolute atomic E-state index is 0.131. The molecule has 178 valence electrons. The summed E-state index contributed by atoms with van der Waals surface area (Å²) in [5.74, 6) is -1.20. The van der Waals surface area contributed by atoms with Gasteiger partial charge in [0, 0.05) is 41.0 Å². The Kier molecular flexibility index (Phi) is 6.36. The number of carbonyl (C=O) groups is 4. The number of anilines is 1. The molecule has 1 aromatic heterocycles. The van der Waals surface area contributed by atoms with Gasteiger partial charge in [-0.2, -0.15) is 0 Å². The van der Waals surface area contributed by atoms with E-state index in [1.165, 1.54) is 16.2 Å². The third-order valence-electron chi connectivity index (χ3n) is 6.04. The number of benzene rings is 2. The first-order valence-corrected chi connectivity index (χ1v) is 12.3. The van der Waals surface area contributed by atoms with E-state index in [0.717, 1.165) is 21.6 Å². The highest BCUT2D eigenvalue weighted by atomic mass is 35.5. The van der Waals surface area contributed by atoms with Gasteiger partial charge in [-0.3, -0.25) is 24.5 Å². The van der Waals surface area contributed by atoms with Gasteiger partial charge in [0.2, 0.25) is 17.7 Å². The van der Waals surface area contributed by atoms with Crippen LogP contribution in [-0.2, 0) is 33.8 Å². The predicted molar refractivity (Wildman–Crippen MR) is 131 cm³/mol. The number of rotatable bonds is 6. The molecule has 2 aromatic carbocycles. The average Bonchev–Trinajstić information content (AvgIpc) is 3.39. The Morgan fingerprint density at radius 2 is 1.91 bits per heavy atom. The third kappa shape index (κ3) is 5.11. The van der Waals surface area contributed by atoms with E-state index in [9.17, 15) is 19.2 Å². The van der Waals surface area contributed by atoms with Gasteiger partial charge in [-0.15, -0.1) is 11.3 Å². The van der Waals surface area contributed by atoms with Gasteiger partial charge in [-0.1, -0.05) is 35.9 Å². The van der Waals surface area contributed by atoms with Gasteiger partial charge in [0.15, 0.2) is 5.13 Å². The first kappa shape index (κ1) is 23.2. The fourth-order valence-electron chi connectivity index (χ4n) is 4.34. The van der Waals surface area contributed by atoms with Crippen LogP contribution in [0.1, 0.15) is 44.8 Å². The molecule has 0 radical (unpaired) electrons. The van der Waals surface area contributed by atoms with Crippen molar-refractivity contribution >= 4 is 51.7 Å². The van der Waals surface area contributed by atoms with Crippen molar-refractivity contribution < 1.29 is 19.2 Å². The highest BCUT2D eigenvalue weighted by Crippen LogP contribution is 2.28. The smallest absolute Gasteiger partial charge is 0.255 e. The third-order valence-corrected chi connectivity index (χ3v) is 7.21. The van der Waals surface area contributed by atoms with Crippen LogP contribution in [0.25, 0.3) is 0 Å². The number of nitrogens with one attached hydrogen (secondary N) is 2. The summed E-state index contributed by atoms with van der Waals surface area (Å²) in [5, 5.41) is 6.35. The maximum absolute atomic E-state index is 12.8. The summed E-state index contributed by atoms with van der Waals surface area (Å²) in [6.45, 7) is 0.274. The maximum Gasteiger partial charge on any atom is 0.255 e. The largest absolute Gasteiger partial charge is 0.322 e. The molecule has 5 rings (SSSR count). The van der Waals surface area contributed by atoms with Crippen LogP contribution in [0, 0.1) is 0 Å². The molecule has 8 nitrogen and oxygen atoms in total. The van der Waals surface area contributed by atoms with Crippen LogP contribution >= 0.6 is 22.9 Å². The van der Waals surface area contributed by atoms with Gasteiger partial charge in [0.05, 0.1) is 6.42 Å². The van der Waals surface area contributed by atoms with Crippen LogP contribution in [0.3, 0.4) is 0 Å². The summed E-state index contributed by atoms with van der Waals surface area (Å²) < 4.78 is 0. The molecule has 3 aromatic rings. The van der Waals surface area contributed by atoms with E-state index in [1.807, 2.05) is 30.3 Å². The van der Waals surface area contributed by atoms with Crippen molar-refractivity contribution in [3.05, 3.63) is 80.8 Å². The summed E-state index contributed by atoms with van der Waals surface area (Å²) in [4.78, 5) is 55.9. The fourth-order valence-corrected chi connectivity index (χ4v) is 5.33. The molecule has 0 aliphatic carbocycles. The molecule has 0 spiro atoms. The van der Waals surface area contributed by atoms with Gasteiger partial charge in [0.25, 0.3) is 5.91 Å². The zero-order chi connectivity index (χ0) is 24.5. The lowest BCUT2D eigenvalue weighted by atomic mass is 10.0. The molecule has 1 atom stereocenters. The summed E-state index contributed by atoms with van der Waals surface area (Å²) in [5.41, 5.74) is 3.15. The first-order chi connectivity index (χ1) is 16.9. The van der Waals surface area contributed by atoms with Crippen molar-refractivity contribution in [2.24, 2.45) is 0 Å². The van der Waals surface area contributed by atoms with Gasteiger partial charge < -0.3 is 10.2 Å². The number of nitrogens with zero attached hydrogens (tertiary/aromatic N) is 2. The maximum atomic E-state index is 12.8. The Morgan fingerprint density at radius 3 is 2.69 bits per heavy atom. The lowest BCUT2D eigenvalue weighted by Crippen LogP contribution is -2.52. The van der Waals surface area contributed by atoms with Crippen LogP contribution in [0.2, 0.25) is 5.02 Å². The SMILES string of the molecule is O=C1CCC(N2Cc3cc(CC(=O)Nc4ncc(Cc5ccc(Cl)cc5)s4)ccc3C2=O)C(=O)N1. The normalized spacial score (nSPS) is 17.3. The Bertz CT molecular complexity index is 1340. The monoisotopic (exact) mass is 508 g/mol. The van der Waals surface area contributed by atoms with Crippen molar-refractivity contribution in [3.8, 4) is 0 Å². The van der Waals surface area contributed by atoms with Crippen LogP contribution in [0.15, 0.2) is 48.7 Å². The van der Waals surface area contributed by atoms with Gasteiger partial charge in [0.1, 0.15) is 6.04 Å². The zero-order valence-electron chi connectivity index (χ0n) is 18.5. The van der Waals surface area contributed by atoms with Crippen molar-refractivity contribution in [1.29, 1.82) is 0 Å². The Morgan fingerprint density at radius 1 is 1.14 bits per heavy atom. The van der Waals surface area contributed by atoms with Crippen LogP contribution in [0.4, 0.5) is 5.13 Å². The van der Waals surface area contributed by atoms with Crippen molar-refractivity contribution in [2.45, 2.75) is 38.3 Å². The van der Waals surface area contributed by atoms with E-state index in [-0.39, 0.29) is 37.1 Å². The lowest BCUT2D eigenvalue weighted by Gasteiger charge is -2.29. The fraction of sp³-hybridized carbons (Fsp3) is 0.240. The Hall–Kier alpha value is -3.56. The van der Waals surface area contributed by atoms with Crippen LogP contribution < -0.4 is 10.6 Å². The summed E-state index contributed by atoms with van der Waals surface area (Å²) in [7, 11) is 0. The molecule has 2 aliphatic rings. The Balaban J connectivity index is 1.20. The van der Waals surface area contributed by atoms with E-state index in [4.69, 9.17) is 11.6 Å². The van der Waals surface area contributed by atoms with E-state index >= 15 is 0 Å². The van der Waals surface area contributed by atoms with Crippen molar-refractivity contribution in [3.63, 3.8) is 0 Å². The number of carbonyl (C=O) groups excluding carboxylic acids is 4. The quantitative estimate of drug-likeness (QED) is 0.496. The van der Waals surface area contributed by atoms with E-state index in [2.05, 4.69) is 15.6 Å². The molecular weight excluding hydrogens is 488 g/mol. The molecule has 3 heterocycles. The number of thiazole rings is 1. The van der Waals surface area contributed by atoms with E-state index in [1.54, 1.807) is 18.3 Å². The van der Waals surface area contributed by atoms with Gasteiger partial charge >= 0.3 is 0 Å². The molecule has 1 saturated heterocycles. The minimum Gasteiger partial charge on any atom is -0.322 e. The molecule has 0 saturated carbocycles. The average molecular weight is 509 g/mol. The number of hydrogen-bond donors (Lipinski definition) is 2. The molecule has 4 amide bonds. The molecule has 1 unspecified atom stereocenters. The Labute approximate surface area is 210 Å². The number of amides is 4. The predicted octanol–water partition coefficient (Wildman–Crippen LogP) is 3.33. The van der Waals surface area contributed by atoms with E-state index < -0.39 is 11.9 Å². The summed E-state index contributed by atoms with van der Waals surface area (Å²) >= 11 is 7.35. The van der Waals surface area contributed by atoms with Gasteiger partial charge in [-0.25, -0.2) is 4.98 Å². The summed E-state index contributed by atoms with van der Waals surface area (Å²) in [6.07, 6.45) is 3.10. The second kappa shape index (κ2) is 9.59. The number of piperidine rings is 1. The van der Waals surface area contributed by atoms with Crippen LogP contribution in [-0.4, -0.2) is 39.6 Å². The second-order valence-electron chi connectivity index (χ2n) is 8.55. The topological polar surface area (TPSA) is 108 Å². The number of hydrogen-bond acceptors (Lipinski definition) is 6. The standard InChI is InChI=1S/C25H21ClN4O4S/c26-17-4-1-14(2-5-17)10-18-12-27-25(35-18)29-22(32)11-15-3-6-19-16(9-15)13-30(24(19)34)20-7-8-21(31)28-23(20)33/h1-6,9,12,20H,7-8,10-11,13H2,(H,27,29,32)(H,28,31,33). The number of imide groups is 1. The van der Waals surface area contributed by atoms with Crippen LogP contribution in [0.5, 0.6) is 0 Å². The summed E-state index contributed by atoms with van der Waals surface area (Å²) in [6, 6.07) is 12.2. The molecule has 2 N–H and O–H groups in total. The highest BCUT2D eigenvalue weighted by Gasteiger charge is 2.39. The second-order valence-corrected chi connectivity index (χ2v) is 10.1. The molecular formula is C25H21ClN4O4S. The first-order valence-electron chi connectivity index (χ1n) is 11.1. The molecule has 10 heteroatoms. The van der Waals surface area contributed by atoms with Crippen molar-refractivity contribution in [1.82, 2.24) is 15.2 Å².